The Morgan fingerprint density at radius 2 is 0.466 bits per heavy atom. The third-order valence-electron chi connectivity index (χ3n) is 19.9. The molecule has 0 aromatic heterocycles. The Hall–Kier alpha value is -1.94. The fourth-order valence-electron chi connectivity index (χ4n) is 12.9. The largest absolute Gasteiger partial charge is 0.472 e. The van der Waals surface area contributed by atoms with Gasteiger partial charge in [-0.05, 0) is 49.4 Å². The summed E-state index contributed by atoms with van der Waals surface area (Å²) in [6, 6.07) is 0. The molecule has 19 heteroatoms. The summed E-state index contributed by atoms with van der Waals surface area (Å²) in [5, 5.41) is 10.7. The molecule has 0 radical (unpaired) electrons. The number of phosphoric acid groups is 2. The molecule has 0 saturated heterocycles. The highest BCUT2D eigenvalue weighted by molar-refractivity contribution is 7.47. The first-order valence-electron chi connectivity index (χ1n) is 43.2. The number of phosphoric ester groups is 2. The van der Waals surface area contributed by atoms with Gasteiger partial charge in [0.15, 0.2) is 12.2 Å². The lowest BCUT2D eigenvalue weighted by atomic mass is 9.99. The van der Waals surface area contributed by atoms with Crippen molar-refractivity contribution in [3.05, 3.63) is 0 Å². The molecule has 103 heavy (non-hydrogen) atoms. The van der Waals surface area contributed by atoms with Crippen LogP contribution in [0, 0.1) is 23.7 Å². The van der Waals surface area contributed by atoms with Gasteiger partial charge in [0.2, 0.25) is 0 Å². The highest BCUT2D eigenvalue weighted by atomic mass is 31.2. The molecule has 0 heterocycles. The molecule has 0 aliphatic rings. The van der Waals surface area contributed by atoms with E-state index in [1.54, 1.807) is 0 Å². The van der Waals surface area contributed by atoms with Gasteiger partial charge in [0.25, 0.3) is 0 Å². The molecule has 0 aromatic carbocycles. The lowest BCUT2D eigenvalue weighted by molar-refractivity contribution is -0.161. The molecule has 3 unspecified atom stereocenters. The summed E-state index contributed by atoms with van der Waals surface area (Å²) in [7, 11) is -9.93. The number of hydrogen-bond acceptors (Lipinski definition) is 15. The van der Waals surface area contributed by atoms with E-state index in [2.05, 4.69) is 55.4 Å². The van der Waals surface area contributed by atoms with Crippen molar-refractivity contribution >= 4 is 39.5 Å². The van der Waals surface area contributed by atoms with Crippen LogP contribution in [0.4, 0.5) is 0 Å². The number of esters is 4. The van der Waals surface area contributed by atoms with Crippen LogP contribution < -0.4 is 0 Å². The molecule has 0 fully saturated rings. The Kier molecular flexibility index (Phi) is 71.5. The highest BCUT2D eigenvalue weighted by Crippen LogP contribution is 2.45. The Morgan fingerprint density at radius 3 is 0.689 bits per heavy atom. The van der Waals surface area contributed by atoms with E-state index in [-0.39, 0.29) is 25.7 Å². The van der Waals surface area contributed by atoms with Crippen LogP contribution in [-0.2, 0) is 65.4 Å². The normalized spacial score (nSPS) is 14.2. The molecule has 3 N–H and O–H groups in total. The zero-order valence-electron chi connectivity index (χ0n) is 68.0. The number of rotatable bonds is 81. The minimum Gasteiger partial charge on any atom is -0.462 e. The zero-order valence-corrected chi connectivity index (χ0v) is 69.7. The minimum atomic E-state index is -4.97. The summed E-state index contributed by atoms with van der Waals surface area (Å²) >= 11 is 0. The molecule has 0 amide bonds. The van der Waals surface area contributed by atoms with Gasteiger partial charge in [-0.2, -0.15) is 0 Å². The van der Waals surface area contributed by atoms with Crippen LogP contribution >= 0.6 is 15.6 Å². The van der Waals surface area contributed by atoms with Crippen LogP contribution in [0.1, 0.15) is 434 Å². The SMILES string of the molecule is CCC(C)CCCCCCCCCCC(=O)OC[C@H](COP(=O)(O)OC[C@H](O)COP(=O)(O)OC[C@@H](COC(=O)CCCCCCCCCCCCCCCCCC(C)C)OC(=O)CCCCCCCCCCCCCCCCCC(C)C)OC(=O)CCCCCCCCCCCCCCC(C)C. The van der Waals surface area contributed by atoms with Crippen LogP contribution in [0.5, 0.6) is 0 Å². The smallest absolute Gasteiger partial charge is 0.462 e. The van der Waals surface area contributed by atoms with E-state index in [9.17, 15) is 43.2 Å². The predicted octanol–water partition coefficient (Wildman–Crippen LogP) is 25.2. The third-order valence-corrected chi connectivity index (χ3v) is 21.8. The number of ether oxygens (including phenoxy) is 4. The average molecular weight is 1510 g/mol. The van der Waals surface area contributed by atoms with E-state index < -0.39 is 97.5 Å². The van der Waals surface area contributed by atoms with Crippen molar-refractivity contribution in [1.29, 1.82) is 0 Å². The summed E-state index contributed by atoms with van der Waals surface area (Å²) in [5.41, 5.74) is 0. The van der Waals surface area contributed by atoms with E-state index in [0.717, 1.165) is 114 Å². The summed E-state index contributed by atoms with van der Waals surface area (Å²) in [5.74, 6) is 1.05. The Bertz CT molecular complexity index is 2010. The topological polar surface area (TPSA) is 237 Å². The second-order valence-electron chi connectivity index (χ2n) is 31.9. The molecule has 6 atom stereocenters. The molecule has 612 valence electrons. The maximum absolute atomic E-state index is 13.1. The van der Waals surface area contributed by atoms with Crippen LogP contribution in [-0.4, -0.2) is 96.7 Å². The fraction of sp³-hybridized carbons (Fsp3) is 0.952. The van der Waals surface area contributed by atoms with Crippen molar-refractivity contribution in [2.45, 2.75) is 453 Å². The number of hydrogen-bond donors (Lipinski definition) is 3. The van der Waals surface area contributed by atoms with E-state index in [1.807, 2.05) is 0 Å². The Balaban J connectivity index is 5.27. The molecule has 0 rings (SSSR count). The van der Waals surface area contributed by atoms with E-state index in [1.165, 1.54) is 238 Å². The number of unbranched alkanes of at least 4 members (excludes halogenated alkanes) is 46. The van der Waals surface area contributed by atoms with Gasteiger partial charge in [-0.3, -0.25) is 37.3 Å². The molecular formula is C84H164O17P2. The summed E-state index contributed by atoms with van der Waals surface area (Å²) < 4.78 is 68.9. The first-order chi connectivity index (χ1) is 49.6. The third kappa shape index (κ3) is 76.6. The van der Waals surface area contributed by atoms with Gasteiger partial charge in [0.1, 0.15) is 19.3 Å². The average Bonchev–Trinajstić information content (AvgIpc) is 0.916. The summed E-state index contributed by atoms with van der Waals surface area (Å²) in [4.78, 5) is 73.2. The van der Waals surface area contributed by atoms with Gasteiger partial charge in [0, 0.05) is 25.7 Å². The first kappa shape index (κ1) is 101. The molecule has 0 bridgehead atoms. The van der Waals surface area contributed by atoms with Crippen molar-refractivity contribution in [2.75, 3.05) is 39.6 Å². The highest BCUT2D eigenvalue weighted by Gasteiger charge is 2.30. The molecular weight excluding hydrogens is 1340 g/mol. The molecule has 0 aromatic rings. The van der Waals surface area contributed by atoms with Crippen molar-refractivity contribution in [2.24, 2.45) is 23.7 Å². The lowest BCUT2D eigenvalue weighted by Gasteiger charge is -2.21. The van der Waals surface area contributed by atoms with Crippen LogP contribution in [0.3, 0.4) is 0 Å². The molecule has 0 spiro atoms. The molecule has 0 aliphatic heterocycles. The fourth-order valence-corrected chi connectivity index (χ4v) is 14.5. The number of carbonyl (C=O) groups is 4. The van der Waals surface area contributed by atoms with Crippen LogP contribution in [0.2, 0.25) is 0 Å². The van der Waals surface area contributed by atoms with Crippen molar-refractivity contribution in [3.8, 4) is 0 Å². The standard InChI is InChI=1S/C84H164O17P2/c1-9-77(8)63-55-47-39-34-35-41-49-57-65-82(87)95-71-80(101-84(89)67-59-51-43-33-27-21-20-24-30-38-46-54-62-76(6)7)73-99-103(92,93)97-69-78(85)68-96-102(90,91)98-72-79(100-83(88)66-58-50-42-32-26-19-15-11-13-17-23-29-37-45-53-61-75(4)5)70-94-81(86)64-56-48-40-31-25-18-14-10-12-16-22-28-36-44-52-60-74(2)3/h74-80,85H,9-73H2,1-8H3,(H,90,91)(H,92,93)/t77?,78-,79-,80-/m1/s1. The molecule has 0 saturated carbocycles. The van der Waals surface area contributed by atoms with Gasteiger partial charge < -0.3 is 33.8 Å². The second-order valence-corrected chi connectivity index (χ2v) is 34.8. The number of carbonyl (C=O) groups excluding carboxylic acids is 4. The van der Waals surface area contributed by atoms with Gasteiger partial charge >= 0.3 is 39.5 Å². The summed E-state index contributed by atoms with van der Waals surface area (Å²) in [6.07, 6.45) is 60.9. The Morgan fingerprint density at radius 1 is 0.272 bits per heavy atom. The van der Waals surface area contributed by atoms with Gasteiger partial charge in [-0.15, -0.1) is 0 Å². The minimum absolute atomic E-state index is 0.106. The van der Waals surface area contributed by atoms with E-state index in [4.69, 9.17) is 37.0 Å². The summed E-state index contributed by atoms with van der Waals surface area (Å²) in [6.45, 7) is 14.3. The monoisotopic (exact) mass is 1510 g/mol. The van der Waals surface area contributed by atoms with E-state index >= 15 is 0 Å². The van der Waals surface area contributed by atoms with Gasteiger partial charge in [-0.1, -0.05) is 383 Å². The lowest BCUT2D eigenvalue weighted by Crippen LogP contribution is -2.30. The van der Waals surface area contributed by atoms with E-state index in [0.29, 0.717) is 25.7 Å². The quantitative estimate of drug-likeness (QED) is 0.0222. The van der Waals surface area contributed by atoms with Crippen molar-refractivity contribution in [3.63, 3.8) is 0 Å². The van der Waals surface area contributed by atoms with Crippen LogP contribution in [0.25, 0.3) is 0 Å². The van der Waals surface area contributed by atoms with Gasteiger partial charge in [0.05, 0.1) is 26.4 Å². The molecule has 0 aliphatic carbocycles. The maximum Gasteiger partial charge on any atom is 0.472 e. The van der Waals surface area contributed by atoms with Gasteiger partial charge in [-0.25, -0.2) is 9.13 Å². The maximum atomic E-state index is 13.1. The van der Waals surface area contributed by atoms with Crippen LogP contribution in [0.15, 0.2) is 0 Å². The number of aliphatic hydroxyl groups excluding tert-OH is 1. The van der Waals surface area contributed by atoms with Crippen molar-refractivity contribution in [1.82, 2.24) is 0 Å². The predicted molar refractivity (Wildman–Crippen MR) is 423 cm³/mol. The Labute approximate surface area is 632 Å². The first-order valence-corrected chi connectivity index (χ1v) is 46.2. The molecule has 17 nitrogen and oxygen atoms in total. The zero-order chi connectivity index (χ0) is 76.0. The second kappa shape index (κ2) is 72.9. The number of aliphatic hydroxyl groups is 1. The van der Waals surface area contributed by atoms with Crippen molar-refractivity contribution < 1.29 is 80.2 Å².